The number of aryl methyl sites for hydroxylation is 2. The molecule has 0 unspecified atom stereocenters. The molecule has 0 spiro atoms. The van der Waals surface area contributed by atoms with Crippen LogP contribution in [0.4, 0.5) is 5.69 Å². The van der Waals surface area contributed by atoms with Gasteiger partial charge < -0.3 is 15.4 Å². The molecule has 30 heavy (non-hydrogen) atoms. The molecule has 8 heteroatoms. The van der Waals surface area contributed by atoms with Gasteiger partial charge in [-0.2, -0.15) is 8.75 Å². The van der Waals surface area contributed by atoms with E-state index in [9.17, 15) is 9.59 Å². The van der Waals surface area contributed by atoms with Crippen molar-refractivity contribution in [2.45, 2.75) is 39.3 Å². The fraction of sp³-hybridized carbons (Fsp3) is 0.273. The first-order valence-corrected chi connectivity index (χ1v) is 10.5. The SMILES string of the molecule is Cc1ccc(C(=O)NC2CC2)cc1NC(=O)c1ccc(OCc2cnsn2)c(C)c1. The monoisotopic (exact) mass is 422 g/mol. The third-order valence-electron chi connectivity index (χ3n) is 4.88. The minimum absolute atomic E-state index is 0.111. The Hall–Kier alpha value is -3.26. The van der Waals surface area contributed by atoms with Crippen LogP contribution in [0.3, 0.4) is 0 Å². The summed E-state index contributed by atoms with van der Waals surface area (Å²) in [6, 6.07) is 10.9. The summed E-state index contributed by atoms with van der Waals surface area (Å²) in [7, 11) is 0. The number of ether oxygens (including phenoxy) is 1. The van der Waals surface area contributed by atoms with Crippen molar-refractivity contribution in [3.8, 4) is 5.75 Å². The lowest BCUT2D eigenvalue weighted by molar-refractivity contribution is 0.0949. The van der Waals surface area contributed by atoms with Gasteiger partial charge in [-0.1, -0.05) is 6.07 Å². The smallest absolute Gasteiger partial charge is 0.255 e. The topological polar surface area (TPSA) is 93.2 Å². The molecule has 0 aliphatic heterocycles. The Morgan fingerprint density at radius 3 is 2.53 bits per heavy atom. The minimum Gasteiger partial charge on any atom is -0.487 e. The molecule has 2 amide bonds. The largest absolute Gasteiger partial charge is 0.487 e. The average Bonchev–Trinajstić information content (AvgIpc) is 3.39. The minimum atomic E-state index is -0.240. The molecule has 0 radical (unpaired) electrons. The van der Waals surface area contributed by atoms with Crippen molar-refractivity contribution in [3.05, 3.63) is 70.5 Å². The van der Waals surface area contributed by atoms with E-state index < -0.39 is 0 Å². The molecule has 2 aromatic carbocycles. The van der Waals surface area contributed by atoms with Crippen LogP contribution in [-0.4, -0.2) is 26.6 Å². The number of hydrogen-bond acceptors (Lipinski definition) is 6. The Kier molecular flexibility index (Phi) is 5.76. The summed E-state index contributed by atoms with van der Waals surface area (Å²) in [4.78, 5) is 25.1. The van der Waals surface area contributed by atoms with Gasteiger partial charge in [-0.15, -0.1) is 0 Å². The van der Waals surface area contributed by atoms with Crippen molar-refractivity contribution in [2.75, 3.05) is 5.32 Å². The predicted octanol–water partition coefficient (Wildman–Crippen LogP) is 3.88. The molecule has 0 bridgehead atoms. The van der Waals surface area contributed by atoms with Crippen LogP contribution < -0.4 is 15.4 Å². The van der Waals surface area contributed by atoms with Crippen LogP contribution in [0.2, 0.25) is 0 Å². The molecule has 1 aromatic heterocycles. The highest BCUT2D eigenvalue weighted by Crippen LogP contribution is 2.23. The third-order valence-corrected chi connectivity index (χ3v) is 5.40. The Balaban J connectivity index is 1.44. The molecule has 1 heterocycles. The lowest BCUT2D eigenvalue weighted by atomic mass is 10.1. The highest BCUT2D eigenvalue weighted by molar-refractivity contribution is 6.99. The van der Waals surface area contributed by atoms with Gasteiger partial charge in [0.2, 0.25) is 0 Å². The highest BCUT2D eigenvalue weighted by Gasteiger charge is 2.24. The molecule has 4 rings (SSSR count). The van der Waals surface area contributed by atoms with Crippen LogP contribution in [0.1, 0.15) is 50.4 Å². The first-order valence-electron chi connectivity index (χ1n) is 9.72. The number of nitrogens with zero attached hydrogens (tertiary/aromatic N) is 2. The Morgan fingerprint density at radius 1 is 1.07 bits per heavy atom. The Labute approximate surface area is 178 Å². The van der Waals surface area contributed by atoms with Crippen LogP contribution in [0, 0.1) is 13.8 Å². The maximum atomic E-state index is 12.8. The molecule has 0 atom stereocenters. The number of carbonyl (C=O) groups is 2. The number of anilines is 1. The van der Waals surface area contributed by atoms with E-state index >= 15 is 0 Å². The van der Waals surface area contributed by atoms with E-state index in [-0.39, 0.29) is 17.9 Å². The van der Waals surface area contributed by atoms with E-state index in [0.29, 0.717) is 29.2 Å². The maximum absolute atomic E-state index is 12.8. The standard InChI is InChI=1S/C22H22N4O3S/c1-13-3-4-16(21(27)24-17-6-7-17)10-19(13)25-22(28)15-5-8-20(14(2)9-15)29-12-18-11-23-30-26-18/h3-5,8-11,17H,6-7,12H2,1-2H3,(H,24,27)(H,25,28). The van der Waals surface area contributed by atoms with Gasteiger partial charge >= 0.3 is 0 Å². The Bertz CT molecular complexity index is 1080. The lowest BCUT2D eigenvalue weighted by Crippen LogP contribution is -2.25. The lowest BCUT2D eigenvalue weighted by Gasteiger charge is -2.12. The molecule has 1 aliphatic rings. The third kappa shape index (κ3) is 4.83. The zero-order chi connectivity index (χ0) is 21.1. The van der Waals surface area contributed by atoms with Gasteiger partial charge in [-0.25, -0.2) is 0 Å². The molecule has 154 valence electrons. The molecule has 1 saturated carbocycles. The fourth-order valence-corrected chi connectivity index (χ4v) is 3.36. The van der Waals surface area contributed by atoms with Crippen LogP contribution in [-0.2, 0) is 6.61 Å². The van der Waals surface area contributed by atoms with Gasteiger partial charge in [0.15, 0.2) is 0 Å². The molecule has 1 aliphatic carbocycles. The van der Waals surface area contributed by atoms with Crippen molar-refractivity contribution in [2.24, 2.45) is 0 Å². The van der Waals surface area contributed by atoms with Crippen LogP contribution in [0.25, 0.3) is 0 Å². The maximum Gasteiger partial charge on any atom is 0.255 e. The molecule has 1 fully saturated rings. The summed E-state index contributed by atoms with van der Waals surface area (Å²) in [6.45, 7) is 4.12. The van der Waals surface area contributed by atoms with Gasteiger partial charge in [-0.3, -0.25) is 9.59 Å². The van der Waals surface area contributed by atoms with E-state index in [4.69, 9.17) is 4.74 Å². The highest BCUT2D eigenvalue weighted by atomic mass is 32.1. The zero-order valence-corrected chi connectivity index (χ0v) is 17.6. The van der Waals surface area contributed by atoms with Gasteiger partial charge in [0, 0.05) is 22.9 Å². The van der Waals surface area contributed by atoms with Crippen LogP contribution >= 0.6 is 11.7 Å². The molecule has 0 saturated heterocycles. The average molecular weight is 423 g/mol. The first-order chi connectivity index (χ1) is 14.5. The first kappa shape index (κ1) is 20.0. The van der Waals surface area contributed by atoms with E-state index in [1.807, 2.05) is 19.9 Å². The number of hydrogen-bond donors (Lipinski definition) is 2. The summed E-state index contributed by atoms with van der Waals surface area (Å²) in [5.74, 6) is 0.339. The van der Waals surface area contributed by atoms with Gasteiger partial charge in [0.25, 0.3) is 11.8 Å². The molecule has 2 N–H and O–H groups in total. The second-order valence-corrected chi connectivity index (χ2v) is 7.96. The fourth-order valence-electron chi connectivity index (χ4n) is 2.94. The number of rotatable bonds is 7. The summed E-state index contributed by atoms with van der Waals surface area (Å²) < 4.78 is 13.8. The second-order valence-electron chi connectivity index (χ2n) is 7.40. The summed E-state index contributed by atoms with van der Waals surface area (Å²) in [5.41, 5.74) is 4.18. The second kappa shape index (κ2) is 8.62. The summed E-state index contributed by atoms with van der Waals surface area (Å²) in [6.07, 6.45) is 3.73. The van der Waals surface area contributed by atoms with E-state index in [1.54, 1.807) is 36.5 Å². The number of benzene rings is 2. The Morgan fingerprint density at radius 2 is 1.83 bits per heavy atom. The van der Waals surface area contributed by atoms with Crippen LogP contribution in [0.15, 0.2) is 42.6 Å². The van der Waals surface area contributed by atoms with Gasteiger partial charge in [-0.05, 0) is 68.1 Å². The quantitative estimate of drug-likeness (QED) is 0.603. The molecular weight excluding hydrogens is 400 g/mol. The van der Waals surface area contributed by atoms with Gasteiger partial charge in [0.1, 0.15) is 18.1 Å². The van der Waals surface area contributed by atoms with Gasteiger partial charge in [0.05, 0.1) is 17.9 Å². The summed E-state index contributed by atoms with van der Waals surface area (Å²) >= 11 is 1.14. The van der Waals surface area contributed by atoms with E-state index in [1.165, 1.54) is 0 Å². The molecule has 7 nitrogen and oxygen atoms in total. The summed E-state index contributed by atoms with van der Waals surface area (Å²) in [5, 5.41) is 5.88. The predicted molar refractivity (Wildman–Crippen MR) is 115 cm³/mol. The number of aromatic nitrogens is 2. The number of carbonyl (C=O) groups excluding carboxylic acids is 2. The van der Waals surface area contributed by atoms with Crippen molar-refractivity contribution < 1.29 is 14.3 Å². The molecular formula is C22H22N4O3S. The zero-order valence-electron chi connectivity index (χ0n) is 16.8. The number of amides is 2. The van der Waals surface area contributed by atoms with Crippen LogP contribution in [0.5, 0.6) is 5.75 Å². The van der Waals surface area contributed by atoms with E-state index in [2.05, 4.69) is 19.4 Å². The molecule has 3 aromatic rings. The van der Waals surface area contributed by atoms with Crippen molar-refractivity contribution in [1.29, 1.82) is 0 Å². The normalized spacial score (nSPS) is 13.0. The van der Waals surface area contributed by atoms with Crippen molar-refractivity contribution in [1.82, 2.24) is 14.1 Å². The number of nitrogens with one attached hydrogen (secondary N) is 2. The van der Waals surface area contributed by atoms with E-state index in [0.717, 1.165) is 41.4 Å². The van der Waals surface area contributed by atoms with Crippen molar-refractivity contribution in [3.63, 3.8) is 0 Å². The van der Waals surface area contributed by atoms with Crippen molar-refractivity contribution >= 4 is 29.2 Å².